The van der Waals surface area contributed by atoms with Gasteiger partial charge in [0.1, 0.15) is 6.10 Å². The molecule has 0 radical (unpaired) electrons. The number of amides is 1. The van der Waals surface area contributed by atoms with Crippen LogP contribution in [-0.4, -0.2) is 47.7 Å². The highest BCUT2D eigenvalue weighted by atomic mass is 16.5. The Kier molecular flexibility index (Phi) is 4.80. The number of piperidine rings is 1. The highest BCUT2D eigenvalue weighted by Gasteiger charge is 2.33. The number of hydrogen-bond acceptors (Lipinski definition) is 3. The van der Waals surface area contributed by atoms with E-state index in [9.17, 15) is 9.59 Å². The normalized spacial score (nSPS) is 29.2. The molecule has 1 N–H and O–H groups in total. The molecule has 19 heavy (non-hydrogen) atoms. The van der Waals surface area contributed by atoms with Crippen LogP contribution in [0.5, 0.6) is 0 Å². The molecule has 108 valence electrons. The highest BCUT2D eigenvalue weighted by Crippen LogP contribution is 2.27. The first-order chi connectivity index (χ1) is 9.08. The first-order valence-corrected chi connectivity index (χ1v) is 7.20. The van der Waals surface area contributed by atoms with Gasteiger partial charge in [-0.3, -0.25) is 9.59 Å². The Morgan fingerprint density at radius 1 is 1.37 bits per heavy atom. The third-order valence-corrected chi connectivity index (χ3v) is 4.28. The van der Waals surface area contributed by atoms with Crippen molar-refractivity contribution in [2.45, 2.75) is 45.1 Å². The molecule has 2 saturated heterocycles. The summed E-state index contributed by atoms with van der Waals surface area (Å²) in [6, 6.07) is 0. The molecule has 0 aliphatic carbocycles. The summed E-state index contributed by atoms with van der Waals surface area (Å²) in [6.07, 6.45) is 3.70. The van der Waals surface area contributed by atoms with Crippen molar-refractivity contribution in [2.24, 2.45) is 11.8 Å². The predicted molar refractivity (Wildman–Crippen MR) is 69.7 cm³/mol. The Labute approximate surface area is 113 Å². The van der Waals surface area contributed by atoms with Gasteiger partial charge in [-0.15, -0.1) is 0 Å². The van der Waals surface area contributed by atoms with Gasteiger partial charge in [-0.05, 0) is 37.5 Å². The second-order valence-electron chi connectivity index (χ2n) is 5.76. The number of carboxylic acids is 1. The van der Waals surface area contributed by atoms with Gasteiger partial charge in [-0.25, -0.2) is 0 Å². The fraction of sp³-hybridized carbons (Fsp3) is 0.857. The lowest BCUT2D eigenvalue weighted by molar-refractivity contribution is -0.143. The number of ether oxygens (including phenoxy) is 1. The number of nitrogens with zero attached hydrogens (tertiary/aromatic N) is 1. The van der Waals surface area contributed by atoms with Crippen LogP contribution in [0, 0.1) is 11.8 Å². The number of rotatable bonds is 4. The van der Waals surface area contributed by atoms with Gasteiger partial charge in [0.15, 0.2) is 0 Å². The minimum absolute atomic E-state index is 0.102. The molecule has 5 nitrogen and oxygen atoms in total. The molecule has 5 heteroatoms. The van der Waals surface area contributed by atoms with Crippen LogP contribution in [0.4, 0.5) is 0 Å². The quantitative estimate of drug-likeness (QED) is 0.840. The molecule has 0 aromatic rings. The molecule has 3 atom stereocenters. The molecule has 1 amide bonds. The Bertz CT molecular complexity index is 338. The average Bonchev–Trinajstić information content (AvgIpc) is 2.91. The van der Waals surface area contributed by atoms with Crippen molar-refractivity contribution in [2.75, 3.05) is 19.7 Å². The molecule has 0 spiro atoms. The highest BCUT2D eigenvalue weighted by molar-refractivity contribution is 5.81. The molecule has 0 bridgehead atoms. The summed E-state index contributed by atoms with van der Waals surface area (Å²) in [4.78, 5) is 24.9. The number of aliphatic carboxylic acids is 1. The van der Waals surface area contributed by atoms with Crippen molar-refractivity contribution in [3.63, 3.8) is 0 Å². The summed E-state index contributed by atoms with van der Waals surface area (Å²) in [7, 11) is 0. The summed E-state index contributed by atoms with van der Waals surface area (Å²) in [5, 5.41) is 8.86. The lowest BCUT2D eigenvalue weighted by Gasteiger charge is -2.36. The zero-order valence-electron chi connectivity index (χ0n) is 11.5. The molecule has 0 aromatic heterocycles. The van der Waals surface area contributed by atoms with E-state index in [1.807, 2.05) is 11.8 Å². The molecule has 2 aliphatic rings. The summed E-state index contributed by atoms with van der Waals surface area (Å²) >= 11 is 0. The van der Waals surface area contributed by atoms with Crippen LogP contribution >= 0.6 is 0 Å². The Balaban J connectivity index is 1.89. The van der Waals surface area contributed by atoms with Gasteiger partial charge >= 0.3 is 5.97 Å². The van der Waals surface area contributed by atoms with Crippen LogP contribution in [0.3, 0.4) is 0 Å². The van der Waals surface area contributed by atoms with Crippen molar-refractivity contribution in [1.29, 1.82) is 0 Å². The molecule has 2 fully saturated rings. The molecular weight excluding hydrogens is 246 g/mol. The molecule has 0 aromatic carbocycles. The average molecular weight is 269 g/mol. The maximum absolute atomic E-state index is 12.3. The molecule has 0 saturated carbocycles. The second-order valence-corrected chi connectivity index (χ2v) is 5.76. The van der Waals surface area contributed by atoms with E-state index in [4.69, 9.17) is 9.84 Å². The minimum Gasteiger partial charge on any atom is -0.481 e. The van der Waals surface area contributed by atoms with E-state index >= 15 is 0 Å². The summed E-state index contributed by atoms with van der Waals surface area (Å²) < 4.78 is 5.44. The summed E-state index contributed by atoms with van der Waals surface area (Å²) in [5.41, 5.74) is 0. The summed E-state index contributed by atoms with van der Waals surface area (Å²) in [6.45, 7) is 4.13. The van der Waals surface area contributed by atoms with Crippen molar-refractivity contribution >= 4 is 11.9 Å². The van der Waals surface area contributed by atoms with E-state index in [0.29, 0.717) is 19.1 Å². The zero-order valence-corrected chi connectivity index (χ0v) is 11.5. The topological polar surface area (TPSA) is 66.8 Å². The smallest absolute Gasteiger partial charge is 0.303 e. The van der Waals surface area contributed by atoms with Crippen LogP contribution in [0.15, 0.2) is 0 Å². The van der Waals surface area contributed by atoms with Crippen molar-refractivity contribution in [1.82, 2.24) is 4.90 Å². The molecule has 2 rings (SSSR count). The Hall–Kier alpha value is -1.10. The van der Waals surface area contributed by atoms with Gasteiger partial charge in [-0.1, -0.05) is 6.92 Å². The molecule has 2 aliphatic heterocycles. The van der Waals surface area contributed by atoms with Gasteiger partial charge < -0.3 is 14.7 Å². The third-order valence-electron chi connectivity index (χ3n) is 4.28. The maximum Gasteiger partial charge on any atom is 0.303 e. The van der Waals surface area contributed by atoms with Gasteiger partial charge in [0.2, 0.25) is 0 Å². The van der Waals surface area contributed by atoms with Crippen LogP contribution in [0.1, 0.15) is 39.0 Å². The minimum atomic E-state index is -0.755. The third kappa shape index (κ3) is 3.69. The lowest BCUT2D eigenvalue weighted by atomic mass is 9.84. The monoisotopic (exact) mass is 269 g/mol. The number of carboxylic acid groups (broad SMARTS) is 1. The number of carbonyl (C=O) groups excluding carboxylic acids is 1. The number of carbonyl (C=O) groups is 2. The molecular formula is C14H23NO4. The van der Waals surface area contributed by atoms with Crippen LogP contribution in [0.25, 0.3) is 0 Å². The fourth-order valence-electron chi connectivity index (χ4n) is 3.09. The van der Waals surface area contributed by atoms with E-state index in [1.54, 1.807) is 0 Å². The van der Waals surface area contributed by atoms with Gasteiger partial charge in [0.05, 0.1) is 0 Å². The zero-order chi connectivity index (χ0) is 13.8. The first-order valence-electron chi connectivity index (χ1n) is 7.20. The van der Waals surface area contributed by atoms with Crippen LogP contribution in [0.2, 0.25) is 0 Å². The van der Waals surface area contributed by atoms with E-state index in [-0.39, 0.29) is 24.3 Å². The van der Waals surface area contributed by atoms with Crippen molar-refractivity contribution < 1.29 is 19.4 Å². The van der Waals surface area contributed by atoms with Gasteiger partial charge in [-0.2, -0.15) is 0 Å². The largest absolute Gasteiger partial charge is 0.481 e. The molecule has 2 unspecified atom stereocenters. The Morgan fingerprint density at radius 2 is 2.16 bits per heavy atom. The SMILES string of the molecule is CC(CC(=O)O)C1CCCN(C(=O)[C@H]2CCCO2)C1. The van der Waals surface area contributed by atoms with Crippen molar-refractivity contribution in [3.8, 4) is 0 Å². The number of hydrogen-bond donors (Lipinski definition) is 1. The first kappa shape index (κ1) is 14.3. The summed E-state index contributed by atoms with van der Waals surface area (Å²) in [5.74, 6) is -0.229. The van der Waals surface area contributed by atoms with Gasteiger partial charge in [0.25, 0.3) is 5.91 Å². The van der Waals surface area contributed by atoms with E-state index in [0.717, 1.165) is 32.2 Å². The van der Waals surface area contributed by atoms with E-state index in [2.05, 4.69) is 0 Å². The fourth-order valence-corrected chi connectivity index (χ4v) is 3.09. The maximum atomic E-state index is 12.3. The van der Waals surface area contributed by atoms with Crippen LogP contribution < -0.4 is 0 Å². The van der Waals surface area contributed by atoms with E-state index < -0.39 is 5.97 Å². The number of likely N-dealkylation sites (tertiary alicyclic amines) is 1. The standard InChI is InChI=1S/C14H23NO4/c1-10(8-13(16)17)11-4-2-6-15(9-11)14(18)12-5-3-7-19-12/h10-12H,2-9H2,1H3,(H,16,17)/t10?,11?,12-/m1/s1. The second kappa shape index (κ2) is 6.37. The van der Waals surface area contributed by atoms with Crippen molar-refractivity contribution in [3.05, 3.63) is 0 Å². The lowest BCUT2D eigenvalue weighted by Crippen LogP contribution is -2.46. The predicted octanol–water partition coefficient (Wildman–Crippen LogP) is 1.51. The molecule has 2 heterocycles. The van der Waals surface area contributed by atoms with E-state index in [1.165, 1.54) is 0 Å². The van der Waals surface area contributed by atoms with Gasteiger partial charge in [0, 0.05) is 26.1 Å². The van der Waals surface area contributed by atoms with Crippen LogP contribution in [-0.2, 0) is 14.3 Å². The Morgan fingerprint density at radius 3 is 2.79 bits per heavy atom.